The first-order valence-electron chi connectivity index (χ1n) is 8.63. The Kier molecular flexibility index (Phi) is 6.74. The first-order chi connectivity index (χ1) is 13.7. The molecule has 1 amide bonds. The zero-order valence-corrected chi connectivity index (χ0v) is 16.4. The van der Waals surface area contributed by atoms with Crippen molar-refractivity contribution in [3.8, 4) is 17.1 Å². The highest BCUT2D eigenvalue weighted by atomic mass is 32.2. The second-order valence-corrected chi connectivity index (χ2v) is 6.59. The van der Waals surface area contributed by atoms with E-state index in [1.807, 2.05) is 41.8 Å². The molecule has 0 saturated carbocycles. The Bertz CT molecular complexity index is 941. The number of hydrogen-bond acceptors (Lipinski definition) is 7. The first kappa shape index (κ1) is 19.6. The van der Waals surface area contributed by atoms with Crippen molar-refractivity contribution in [2.75, 3.05) is 12.9 Å². The molecule has 0 fully saturated rings. The zero-order chi connectivity index (χ0) is 19.8. The number of benzene rings is 1. The predicted octanol–water partition coefficient (Wildman–Crippen LogP) is 2.61. The number of methoxy groups -OCH3 is 1. The number of aromatic nitrogens is 4. The highest BCUT2D eigenvalue weighted by Gasteiger charge is 2.14. The van der Waals surface area contributed by atoms with Crippen LogP contribution in [0, 0.1) is 0 Å². The number of thioether (sulfide) groups is 1. The Balaban J connectivity index is 1.60. The fourth-order valence-electron chi connectivity index (χ4n) is 2.43. The van der Waals surface area contributed by atoms with E-state index in [4.69, 9.17) is 4.74 Å². The number of carbonyl (C=O) groups is 1. The van der Waals surface area contributed by atoms with Gasteiger partial charge in [0, 0.05) is 30.1 Å². The maximum atomic E-state index is 12.0. The Morgan fingerprint density at radius 3 is 2.79 bits per heavy atom. The monoisotopic (exact) mass is 396 g/mol. The van der Waals surface area contributed by atoms with Crippen molar-refractivity contribution >= 4 is 23.9 Å². The van der Waals surface area contributed by atoms with Gasteiger partial charge in [-0.05, 0) is 37.3 Å². The van der Waals surface area contributed by atoms with Gasteiger partial charge in [-0.15, -0.1) is 10.2 Å². The van der Waals surface area contributed by atoms with Crippen LogP contribution in [0.4, 0.5) is 0 Å². The summed E-state index contributed by atoms with van der Waals surface area (Å²) in [5, 5.41) is 13.1. The summed E-state index contributed by atoms with van der Waals surface area (Å²) in [7, 11) is 1.63. The largest absolute Gasteiger partial charge is 0.497 e. The summed E-state index contributed by atoms with van der Waals surface area (Å²) in [6.07, 6.45) is 4.89. The fourth-order valence-corrected chi connectivity index (χ4v) is 3.22. The summed E-state index contributed by atoms with van der Waals surface area (Å²) in [6.45, 7) is 2.70. The van der Waals surface area contributed by atoms with Gasteiger partial charge in [-0.3, -0.25) is 9.78 Å². The van der Waals surface area contributed by atoms with Gasteiger partial charge in [-0.25, -0.2) is 5.43 Å². The molecular weight excluding hydrogens is 376 g/mol. The smallest absolute Gasteiger partial charge is 0.250 e. The molecule has 0 saturated heterocycles. The Morgan fingerprint density at radius 2 is 2.11 bits per heavy atom. The molecule has 0 bridgehead atoms. The summed E-state index contributed by atoms with van der Waals surface area (Å²) in [6, 6.07) is 11.3. The van der Waals surface area contributed by atoms with Crippen LogP contribution in [-0.4, -0.2) is 44.7 Å². The van der Waals surface area contributed by atoms with Gasteiger partial charge in [0.25, 0.3) is 5.91 Å². The van der Waals surface area contributed by atoms with Crippen molar-refractivity contribution in [2.45, 2.75) is 18.6 Å². The second-order valence-electron chi connectivity index (χ2n) is 5.65. The van der Waals surface area contributed by atoms with Crippen LogP contribution in [0.3, 0.4) is 0 Å². The molecule has 2 aromatic heterocycles. The second kappa shape index (κ2) is 9.65. The van der Waals surface area contributed by atoms with E-state index in [1.165, 1.54) is 11.8 Å². The van der Waals surface area contributed by atoms with E-state index in [-0.39, 0.29) is 11.7 Å². The van der Waals surface area contributed by atoms with Crippen molar-refractivity contribution in [1.82, 2.24) is 25.2 Å². The summed E-state index contributed by atoms with van der Waals surface area (Å²) >= 11 is 1.32. The lowest BCUT2D eigenvalue weighted by molar-refractivity contribution is -0.118. The number of hydrogen-bond donors (Lipinski definition) is 1. The molecule has 0 spiro atoms. The molecule has 28 heavy (non-hydrogen) atoms. The Morgan fingerprint density at radius 1 is 1.29 bits per heavy atom. The quantitative estimate of drug-likeness (QED) is 0.357. The third kappa shape index (κ3) is 4.95. The Hall–Kier alpha value is -3.20. The van der Waals surface area contributed by atoms with Gasteiger partial charge in [0.05, 0.1) is 19.1 Å². The maximum Gasteiger partial charge on any atom is 0.250 e. The summed E-state index contributed by atoms with van der Waals surface area (Å²) in [5.41, 5.74) is 4.25. The summed E-state index contributed by atoms with van der Waals surface area (Å²) in [4.78, 5) is 16.0. The zero-order valence-electron chi connectivity index (χ0n) is 15.6. The molecule has 9 heteroatoms. The lowest BCUT2D eigenvalue weighted by Gasteiger charge is -2.07. The van der Waals surface area contributed by atoms with Crippen LogP contribution in [0.2, 0.25) is 0 Å². The van der Waals surface area contributed by atoms with Gasteiger partial charge in [0.15, 0.2) is 11.0 Å². The van der Waals surface area contributed by atoms with E-state index in [2.05, 4.69) is 25.7 Å². The van der Waals surface area contributed by atoms with E-state index in [9.17, 15) is 4.79 Å². The fraction of sp³-hybridized carbons (Fsp3) is 0.211. The van der Waals surface area contributed by atoms with Gasteiger partial charge in [-0.1, -0.05) is 17.8 Å². The molecule has 3 rings (SSSR count). The van der Waals surface area contributed by atoms with Gasteiger partial charge < -0.3 is 9.30 Å². The van der Waals surface area contributed by atoms with Crippen LogP contribution in [-0.2, 0) is 11.3 Å². The number of rotatable bonds is 8. The van der Waals surface area contributed by atoms with Crippen LogP contribution in [0.15, 0.2) is 59.0 Å². The first-order valence-corrected chi connectivity index (χ1v) is 9.62. The highest BCUT2D eigenvalue weighted by Crippen LogP contribution is 2.25. The molecular formula is C19H20N6O2S. The van der Waals surface area contributed by atoms with E-state index in [1.54, 1.807) is 31.8 Å². The molecule has 0 aliphatic heterocycles. The van der Waals surface area contributed by atoms with Crippen molar-refractivity contribution in [1.29, 1.82) is 0 Å². The SMILES string of the molecule is CCn1c(SCC(=O)N/N=C\c2cccnc2)nnc1-c1ccc(OC)cc1. The van der Waals surface area contributed by atoms with Gasteiger partial charge in [-0.2, -0.15) is 5.10 Å². The minimum absolute atomic E-state index is 0.186. The number of nitrogens with one attached hydrogen (secondary N) is 1. The van der Waals surface area contributed by atoms with E-state index >= 15 is 0 Å². The van der Waals surface area contributed by atoms with Crippen LogP contribution in [0.1, 0.15) is 12.5 Å². The van der Waals surface area contributed by atoms with Gasteiger partial charge in [0.1, 0.15) is 5.75 Å². The van der Waals surface area contributed by atoms with Crippen LogP contribution in [0.5, 0.6) is 5.75 Å². The average molecular weight is 396 g/mol. The van der Waals surface area contributed by atoms with E-state index in [0.29, 0.717) is 11.7 Å². The van der Waals surface area contributed by atoms with E-state index < -0.39 is 0 Å². The highest BCUT2D eigenvalue weighted by molar-refractivity contribution is 7.99. The van der Waals surface area contributed by atoms with Crippen LogP contribution >= 0.6 is 11.8 Å². The number of hydrazone groups is 1. The number of pyridine rings is 1. The molecule has 0 aliphatic rings. The number of carbonyl (C=O) groups excluding carboxylic acids is 1. The Labute approximate surface area is 167 Å². The van der Waals surface area contributed by atoms with Crippen LogP contribution in [0.25, 0.3) is 11.4 Å². The standard InChI is InChI=1S/C19H20N6O2S/c1-3-25-18(15-6-8-16(27-2)9-7-15)23-24-19(25)28-13-17(26)22-21-12-14-5-4-10-20-11-14/h4-12H,3,13H2,1-2H3,(H,22,26)/b21-12-. The molecule has 144 valence electrons. The molecule has 1 aromatic carbocycles. The molecule has 8 nitrogen and oxygen atoms in total. The number of ether oxygens (including phenoxy) is 1. The lowest BCUT2D eigenvalue weighted by atomic mass is 10.2. The van der Waals surface area contributed by atoms with Gasteiger partial charge in [0.2, 0.25) is 0 Å². The van der Waals surface area contributed by atoms with Crippen molar-refractivity contribution in [2.24, 2.45) is 5.10 Å². The predicted molar refractivity (Wildman–Crippen MR) is 108 cm³/mol. The topological polar surface area (TPSA) is 94.3 Å². The molecule has 2 heterocycles. The van der Waals surface area contributed by atoms with Crippen molar-refractivity contribution in [3.05, 3.63) is 54.4 Å². The molecule has 0 radical (unpaired) electrons. The normalized spacial score (nSPS) is 10.9. The summed E-state index contributed by atoms with van der Waals surface area (Å²) < 4.78 is 7.16. The number of amides is 1. The van der Waals surface area contributed by atoms with E-state index in [0.717, 1.165) is 22.7 Å². The molecule has 1 N–H and O–H groups in total. The number of nitrogens with zero attached hydrogens (tertiary/aromatic N) is 5. The minimum atomic E-state index is -0.221. The minimum Gasteiger partial charge on any atom is -0.497 e. The molecule has 0 aliphatic carbocycles. The third-order valence-corrected chi connectivity index (χ3v) is 4.77. The van der Waals surface area contributed by atoms with Crippen LogP contribution < -0.4 is 10.2 Å². The maximum absolute atomic E-state index is 12.0. The molecule has 0 atom stereocenters. The molecule has 0 unspecified atom stereocenters. The molecule has 3 aromatic rings. The van der Waals surface area contributed by atoms with Gasteiger partial charge >= 0.3 is 0 Å². The average Bonchev–Trinajstić information content (AvgIpc) is 3.16. The van der Waals surface area contributed by atoms with Crippen molar-refractivity contribution < 1.29 is 9.53 Å². The summed E-state index contributed by atoms with van der Waals surface area (Å²) in [5.74, 6) is 1.50. The lowest BCUT2D eigenvalue weighted by Crippen LogP contribution is -2.20. The van der Waals surface area contributed by atoms with Crippen molar-refractivity contribution in [3.63, 3.8) is 0 Å². The third-order valence-electron chi connectivity index (χ3n) is 3.80.